The minimum atomic E-state index is -0.757. The molecule has 0 N–H and O–H groups in total. The number of esters is 1. The Labute approximate surface area is 159 Å². The molecule has 0 radical (unpaired) electrons. The van der Waals surface area contributed by atoms with Gasteiger partial charge >= 0.3 is 5.97 Å². The lowest BCUT2D eigenvalue weighted by Crippen LogP contribution is -2.22. The third kappa shape index (κ3) is 12.5. The number of carbonyl (C=O) groups excluding carboxylic acids is 2. The van der Waals surface area contributed by atoms with E-state index in [1.807, 2.05) is 19.9 Å². The smallest absolute Gasteiger partial charge is 0.316 e. The predicted molar refractivity (Wildman–Crippen MR) is 110 cm³/mol. The molecule has 3 nitrogen and oxygen atoms in total. The van der Waals surface area contributed by atoms with Gasteiger partial charge in [-0.3, -0.25) is 9.59 Å². The van der Waals surface area contributed by atoms with E-state index >= 15 is 0 Å². The molecule has 0 aromatic rings. The first-order valence-electron chi connectivity index (χ1n) is 9.43. The summed E-state index contributed by atoms with van der Waals surface area (Å²) in [5, 5.41) is 0. The average molecular weight is 361 g/mol. The number of hydrogen-bond acceptors (Lipinski definition) is 3. The van der Waals surface area contributed by atoms with Crippen LogP contribution in [0.5, 0.6) is 0 Å². The molecule has 1 unspecified atom stereocenters. The minimum Gasteiger partial charge on any atom is -0.461 e. The molecular weight excluding hydrogens is 324 g/mol. The van der Waals surface area contributed by atoms with Crippen LogP contribution in [0.1, 0.15) is 74.1 Å². The average Bonchev–Trinajstić information content (AvgIpc) is 2.53. The Kier molecular flexibility index (Phi) is 12.3. The standard InChI is InChI=1S/C23H36O3/c1-17(2)10-8-12-19(5)14-15-26-23(25)21(7)22(24)16-20(6)13-9-11-18(3)4/h10-11,14,16,21H,8-9,12-13,15H2,1-7H3/b19-14+,20-16+. The van der Waals surface area contributed by atoms with Crippen LogP contribution in [0.3, 0.4) is 0 Å². The van der Waals surface area contributed by atoms with Crippen molar-refractivity contribution in [1.82, 2.24) is 0 Å². The monoisotopic (exact) mass is 360 g/mol. The number of rotatable bonds is 11. The summed E-state index contributed by atoms with van der Waals surface area (Å²) in [6, 6.07) is 0. The van der Waals surface area contributed by atoms with Crippen LogP contribution in [-0.4, -0.2) is 18.4 Å². The van der Waals surface area contributed by atoms with Gasteiger partial charge in [-0.1, -0.05) is 34.4 Å². The summed E-state index contributed by atoms with van der Waals surface area (Å²) in [5.74, 6) is -1.40. The molecule has 0 aliphatic heterocycles. The van der Waals surface area contributed by atoms with Crippen molar-refractivity contribution in [1.29, 1.82) is 0 Å². The number of ether oxygens (including phenoxy) is 1. The van der Waals surface area contributed by atoms with Gasteiger partial charge < -0.3 is 4.74 Å². The second kappa shape index (κ2) is 13.3. The fourth-order valence-electron chi connectivity index (χ4n) is 2.23. The molecule has 0 aliphatic carbocycles. The van der Waals surface area contributed by atoms with Gasteiger partial charge in [-0.05, 0) is 86.3 Å². The van der Waals surface area contributed by atoms with Gasteiger partial charge in [0.05, 0.1) is 0 Å². The summed E-state index contributed by atoms with van der Waals surface area (Å²) in [6.45, 7) is 14.1. The van der Waals surface area contributed by atoms with Crippen molar-refractivity contribution in [2.75, 3.05) is 6.61 Å². The summed E-state index contributed by atoms with van der Waals surface area (Å²) < 4.78 is 5.23. The van der Waals surface area contributed by atoms with Crippen LogP contribution in [0.25, 0.3) is 0 Å². The van der Waals surface area contributed by atoms with Gasteiger partial charge in [-0.2, -0.15) is 0 Å². The molecule has 0 spiro atoms. The summed E-state index contributed by atoms with van der Waals surface area (Å²) in [7, 11) is 0. The van der Waals surface area contributed by atoms with Gasteiger partial charge in [0, 0.05) is 0 Å². The lowest BCUT2D eigenvalue weighted by Gasteiger charge is -2.08. The van der Waals surface area contributed by atoms with Crippen LogP contribution >= 0.6 is 0 Å². The Morgan fingerprint density at radius 3 is 1.81 bits per heavy atom. The number of hydrogen-bond donors (Lipinski definition) is 0. The van der Waals surface area contributed by atoms with Gasteiger partial charge in [-0.25, -0.2) is 0 Å². The molecule has 1 atom stereocenters. The highest BCUT2D eigenvalue weighted by Gasteiger charge is 2.20. The Morgan fingerprint density at radius 1 is 0.808 bits per heavy atom. The van der Waals surface area contributed by atoms with E-state index in [-0.39, 0.29) is 12.4 Å². The Hall–Kier alpha value is -1.90. The normalized spacial score (nSPS) is 13.0. The van der Waals surface area contributed by atoms with Gasteiger partial charge in [0.2, 0.25) is 0 Å². The molecule has 0 aliphatic rings. The molecule has 146 valence electrons. The maximum Gasteiger partial charge on any atom is 0.316 e. The second-order valence-corrected chi connectivity index (χ2v) is 7.44. The highest BCUT2D eigenvalue weighted by atomic mass is 16.5. The van der Waals surface area contributed by atoms with Crippen molar-refractivity contribution in [3.8, 4) is 0 Å². The second-order valence-electron chi connectivity index (χ2n) is 7.44. The van der Waals surface area contributed by atoms with Crippen molar-refractivity contribution in [2.24, 2.45) is 5.92 Å². The van der Waals surface area contributed by atoms with Crippen molar-refractivity contribution in [3.05, 3.63) is 46.6 Å². The first-order valence-corrected chi connectivity index (χ1v) is 9.43. The summed E-state index contributed by atoms with van der Waals surface area (Å²) >= 11 is 0. The van der Waals surface area contributed by atoms with E-state index in [0.717, 1.165) is 31.3 Å². The third-order valence-electron chi connectivity index (χ3n) is 4.01. The SMILES string of the molecule is CC(C)=CCC/C(C)=C/COC(=O)C(C)C(=O)/C=C(\C)CCC=C(C)C. The lowest BCUT2D eigenvalue weighted by molar-refractivity contribution is -0.149. The summed E-state index contributed by atoms with van der Waals surface area (Å²) in [6.07, 6.45) is 11.5. The fourth-order valence-corrected chi connectivity index (χ4v) is 2.23. The van der Waals surface area contributed by atoms with E-state index < -0.39 is 11.9 Å². The molecule has 0 aromatic heterocycles. The third-order valence-corrected chi connectivity index (χ3v) is 4.01. The van der Waals surface area contributed by atoms with Gasteiger partial charge in [0.25, 0.3) is 0 Å². The van der Waals surface area contributed by atoms with Crippen LogP contribution < -0.4 is 0 Å². The van der Waals surface area contributed by atoms with Crippen molar-refractivity contribution in [2.45, 2.75) is 74.1 Å². The van der Waals surface area contributed by atoms with Crippen LogP contribution in [0.2, 0.25) is 0 Å². The van der Waals surface area contributed by atoms with Crippen LogP contribution in [0.15, 0.2) is 46.6 Å². The predicted octanol–water partition coefficient (Wildman–Crippen LogP) is 6.12. The Morgan fingerprint density at radius 2 is 1.31 bits per heavy atom. The number of allylic oxidation sites excluding steroid dienone is 7. The molecule has 0 saturated carbocycles. The molecule has 26 heavy (non-hydrogen) atoms. The molecule has 0 aromatic carbocycles. The van der Waals surface area contributed by atoms with Crippen LogP contribution in [0, 0.1) is 5.92 Å². The highest BCUT2D eigenvalue weighted by molar-refractivity contribution is 6.04. The van der Waals surface area contributed by atoms with Crippen LogP contribution in [0.4, 0.5) is 0 Å². The zero-order valence-corrected chi connectivity index (χ0v) is 17.6. The largest absolute Gasteiger partial charge is 0.461 e. The van der Waals surface area contributed by atoms with E-state index in [1.54, 1.807) is 13.0 Å². The minimum absolute atomic E-state index is 0.186. The Bertz CT molecular complexity index is 581. The fraction of sp³-hybridized carbons (Fsp3) is 0.565. The van der Waals surface area contributed by atoms with E-state index in [2.05, 4.69) is 39.8 Å². The zero-order chi connectivity index (χ0) is 20.1. The quantitative estimate of drug-likeness (QED) is 0.193. The van der Waals surface area contributed by atoms with Gasteiger partial charge in [0.15, 0.2) is 5.78 Å². The topological polar surface area (TPSA) is 43.4 Å². The maximum absolute atomic E-state index is 12.2. The lowest BCUT2D eigenvalue weighted by atomic mass is 10.0. The zero-order valence-electron chi connectivity index (χ0n) is 17.6. The molecule has 0 fully saturated rings. The van der Waals surface area contributed by atoms with E-state index in [0.29, 0.717) is 0 Å². The summed E-state index contributed by atoms with van der Waals surface area (Å²) in [4.78, 5) is 24.2. The number of ketones is 1. The number of carbonyl (C=O) groups is 2. The van der Waals surface area contributed by atoms with E-state index in [9.17, 15) is 9.59 Å². The Balaban J connectivity index is 4.38. The molecular formula is C23H36O3. The van der Waals surface area contributed by atoms with E-state index in [1.165, 1.54) is 16.7 Å². The van der Waals surface area contributed by atoms with Crippen LogP contribution in [-0.2, 0) is 14.3 Å². The van der Waals surface area contributed by atoms with Crippen molar-refractivity contribution >= 4 is 11.8 Å². The molecule has 0 heterocycles. The molecule has 0 rings (SSSR count). The van der Waals surface area contributed by atoms with Crippen molar-refractivity contribution in [3.63, 3.8) is 0 Å². The van der Waals surface area contributed by atoms with E-state index in [4.69, 9.17) is 4.74 Å². The molecule has 0 bridgehead atoms. The van der Waals surface area contributed by atoms with Gasteiger partial charge in [0.1, 0.15) is 12.5 Å². The maximum atomic E-state index is 12.2. The molecule has 3 heteroatoms. The van der Waals surface area contributed by atoms with Gasteiger partial charge in [-0.15, -0.1) is 0 Å². The van der Waals surface area contributed by atoms with Crippen molar-refractivity contribution < 1.29 is 14.3 Å². The first kappa shape index (κ1) is 24.1. The molecule has 0 saturated heterocycles. The highest BCUT2D eigenvalue weighted by Crippen LogP contribution is 2.11. The summed E-state index contributed by atoms with van der Waals surface area (Å²) in [5.41, 5.74) is 4.75. The molecule has 0 amide bonds. The first-order chi connectivity index (χ1) is 12.1.